The van der Waals surface area contributed by atoms with Crippen LogP contribution in [0.3, 0.4) is 0 Å². The topological polar surface area (TPSA) is 40.7 Å². The number of hydrogen-bond donors (Lipinski definition) is 2. The Kier molecular flexibility index (Phi) is 2.64. The molecular weight excluding hydrogens is 162 g/mol. The first-order valence-electron chi connectivity index (χ1n) is 5.12. The van der Waals surface area contributed by atoms with Gasteiger partial charge in [-0.2, -0.15) is 0 Å². The molecule has 0 fully saturated rings. The molecule has 0 radical (unpaired) electrons. The van der Waals surface area contributed by atoms with Crippen LogP contribution in [0.4, 0.5) is 0 Å². The van der Waals surface area contributed by atoms with Crippen molar-refractivity contribution in [3.05, 3.63) is 17.7 Å². The van der Waals surface area contributed by atoms with E-state index in [0.29, 0.717) is 0 Å². The largest absolute Gasteiger partial charge is 0.348 e. The van der Waals surface area contributed by atoms with Crippen LogP contribution < -0.4 is 5.32 Å². The Morgan fingerprint density at radius 1 is 1.69 bits per heavy atom. The summed E-state index contributed by atoms with van der Waals surface area (Å²) in [6.07, 6.45) is 5.42. The number of fused-ring (bicyclic) bond motifs is 1. The molecule has 1 heterocycles. The third-order valence-corrected chi connectivity index (χ3v) is 2.77. The molecule has 0 aromatic carbocycles. The number of rotatable bonds is 3. The lowest BCUT2D eigenvalue weighted by Gasteiger charge is -2.21. The van der Waals surface area contributed by atoms with E-state index in [1.54, 1.807) is 0 Å². The predicted molar refractivity (Wildman–Crippen MR) is 52.6 cm³/mol. The molecule has 2 N–H and O–H groups in total. The van der Waals surface area contributed by atoms with Crippen LogP contribution in [0.2, 0.25) is 0 Å². The van der Waals surface area contributed by atoms with Crippen LogP contribution in [0.15, 0.2) is 6.33 Å². The van der Waals surface area contributed by atoms with E-state index in [-0.39, 0.29) is 0 Å². The minimum absolute atomic E-state index is 0.799. The Morgan fingerprint density at radius 3 is 3.46 bits per heavy atom. The van der Waals surface area contributed by atoms with Gasteiger partial charge in [0.1, 0.15) is 0 Å². The summed E-state index contributed by atoms with van der Waals surface area (Å²) >= 11 is 0. The van der Waals surface area contributed by atoms with Crippen molar-refractivity contribution in [3.63, 3.8) is 0 Å². The molecule has 0 saturated carbocycles. The van der Waals surface area contributed by atoms with Gasteiger partial charge in [-0.25, -0.2) is 4.98 Å². The van der Waals surface area contributed by atoms with Crippen LogP contribution in [0.1, 0.15) is 24.7 Å². The Labute approximate surface area is 79.0 Å². The average Bonchev–Trinajstić information content (AvgIpc) is 2.61. The zero-order chi connectivity index (χ0) is 9.10. The monoisotopic (exact) mass is 179 g/mol. The fourth-order valence-corrected chi connectivity index (χ4v) is 2.00. The summed E-state index contributed by atoms with van der Waals surface area (Å²) in [6.45, 7) is 4.38. The Hall–Kier alpha value is -0.830. The Balaban J connectivity index is 1.93. The molecule has 13 heavy (non-hydrogen) atoms. The molecule has 1 aliphatic carbocycles. The van der Waals surface area contributed by atoms with E-state index in [4.69, 9.17) is 0 Å². The molecule has 3 nitrogen and oxygen atoms in total. The van der Waals surface area contributed by atoms with Crippen molar-refractivity contribution in [2.75, 3.05) is 13.1 Å². The van der Waals surface area contributed by atoms with E-state index in [1.165, 1.54) is 24.2 Å². The van der Waals surface area contributed by atoms with Gasteiger partial charge in [0, 0.05) is 5.69 Å². The molecule has 0 aliphatic heterocycles. The van der Waals surface area contributed by atoms with Gasteiger partial charge < -0.3 is 10.3 Å². The average molecular weight is 179 g/mol. The number of nitrogens with one attached hydrogen (secondary N) is 2. The van der Waals surface area contributed by atoms with Gasteiger partial charge in [0.15, 0.2) is 0 Å². The molecule has 1 aromatic rings. The third-order valence-electron chi connectivity index (χ3n) is 2.77. The van der Waals surface area contributed by atoms with Gasteiger partial charge in [-0.05, 0) is 38.3 Å². The maximum absolute atomic E-state index is 4.30. The van der Waals surface area contributed by atoms with E-state index >= 15 is 0 Å². The highest BCUT2D eigenvalue weighted by molar-refractivity contribution is 5.15. The second kappa shape index (κ2) is 3.92. The zero-order valence-corrected chi connectivity index (χ0v) is 8.14. The van der Waals surface area contributed by atoms with Crippen LogP contribution in [0, 0.1) is 5.92 Å². The molecule has 72 valence electrons. The summed E-state index contributed by atoms with van der Waals surface area (Å²) in [4.78, 5) is 7.52. The molecule has 0 bridgehead atoms. The fraction of sp³-hybridized carbons (Fsp3) is 0.700. The summed E-state index contributed by atoms with van der Waals surface area (Å²) in [5, 5.41) is 3.41. The highest BCUT2D eigenvalue weighted by atomic mass is 14.9. The molecule has 2 rings (SSSR count). The molecule has 1 unspecified atom stereocenters. The van der Waals surface area contributed by atoms with Crippen molar-refractivity contribution in [1.82, 2.24) is 15.3 Å². The standard InChI is InChI=1S/C10H17N3/c1-2-11-6-8-3-4-9-10(5-8)13-7-12-9/h7-8,11H,2-6H2,1H3,(H,12,13). The SMILES string of the molecule is CCNCC1CCc2nc[nH]c2C1. The smallest absolute Gasteiger partial charge is 0.0925 e. The number of aromatic amines is 1. The molecule has 0 spiro atoms. The number of nitrogens with zero attached hydrogens (tertiary/aromatic N) is 1. The Bertz CT molecular complexity index is 267. The van der Waals surface area contributed by atoms with E-state index in [1.807, 2.05) is 6.33 Å². The van der Waals surface area contributed by atoms with Crippen molar-refractivity contribution >= 4 is 0 Å². The second-order valence-electron chi connectivity index (χ2n) is 3.74. The summed E-state index contributed by atoms with van der Waals surface area (Å²) < 4.78 is 0. The van der Waals surface area contributed by atoms with Crippen molar-refractivity contribution in [2.24, 2.45) is 5.92 Å². The first-order valence-corrected chi connectivity index (χ1v) is 5.12. The van der Waals surface area contributed by atoms with E-state index in [0.717, 1.165) is 25.4 Å². The molecule has 3 heteroatoms. The predicted octanol–water partition coefficient (Wildman–Crippen LogP) is 1.12. The van der Waals surface area contributed by atoms with E-state index in [9.17, 15) is 0 Å². The van der Waals surface area contributed by atoms with Gasteiger partial charge in [0.05, 0.1) is 12.0 Å². The van der Waals surface area contributed by atoms with Gasteiger partial charge >= 0.3 is 0 Å². The Morgan fingerprint density at radius 2 is 2.62 bits per heavy atom. The van der Waals surface area contributed by atoms with Gasteiger partial charge in [0.2, 0.25) is 0 Å². The van der Waals surface area contributed by atoms with Gasteiger partial charge in [-0.1, -0.05) is 6.92 Å². The summed E-state index contributed by atoms with van der Waals surface area (Å²) in [7, 11) is 0. The summed E-state index contributed by atoms with van der Waals surface area (Å²) in [6, 6.07) is 0. The van der Waals surface area contributed by atoms with Gasteiger partial charge in [-0.15, -0.1) is 0 Å². The van der Waals surface area contributed by atoms with Gasteiger partial charge in [0.25, 0.3) is 0 Å². The number of hydrogen-bond acceptors (Lipinski definition) is 2. The number of imidazole rings is 1. The molecule has 0 amide bonds. The number of H-pyrrole nitrogens is 1. The molecule has 1 aliphatic rings. The van der Waals surface area contributed by atoms with Crippen molar-refractivity contribution < 1.29 is 0 Å². The molecule has 1 atom stereocenters. The van der Waals surface area contributed by atoms with Crippen LogP contribution in [-0.4, -0.2) is 23.1 Å². The zero-order valence-electron chi connectivity index (χ0n) is 8.14. The highest BCUT2D eigenvalue weighted by Gasteiger charge is 2.19. The lowest BCUT2D eigenvalue weighted by molar-refractivity contribution is 0.424. The van der Waals surface area contributed by atoms with Crippen LogP contribution in [0.25, 0.3) is 0 Å². The third kappa shape index (κ3) is 1.91. The maximum atomic E-state index is 4.30. The summed E-state index contributed by atoms with van der Waals surface area (Å²) in [5.41, 5.74) is 2.64. The van der Waals surface area contributed by atoms with Crippen LogP contribution in [-0.2, 0) is 12.8 Å². The minimum atomic E-state index is 0.799. The maximum Gasteiger partial charge on any atom is 0.0925 e. The van der Waals surface area contributed by atoms with Gasteiger partial charge in [-0.3, -0.25) is 0 Å². The molecular formula is C10H17N3. The first kappa shape index (κ1) is 8.75. The lowest BCUT2D eigenvalue weighted by atomic mass is 9.90. The minimum Gasteiger partial charge on any atom is -0.348 e. The molecule has 0 saturated heterocycles. The molecule has 1 aromatic heterocycles. The first-order chi connectivity index (χ1) is 6.40. The quantitative estimate of drug-likeness (QED) is 0.730. The van der Waals surface area contributed by atoms with Crippen molar-refractivity contribution in [3.8, 4) is 0 Å². The van der Waals surface area contributed by atoms with Crippen LogP contribution >= 0.6 is 0 Å². The highest BCUT2D eigenvalue weighted by Crippen LogP contribution is 2.21. The van der Waals surface area contributed by atoms with Crippen LogP contribution in [0.5, 0.6) is 0 Å². The fourth-order valence-electron chi connectivity index (χ4n) is 2.00. The second-order valence-corrected chi connectivity index (χ2v) is 3.74. The van der Waals surface area contributed by atoms with E-state index in [2.05, 4.69) is 22.2 Å². The normalized spacial score (nSPS) is 21.5. The van der Waals surface area contributed by atoms with Crippen molar-refractivity contribution in [2.45, 2.75) is 26.2 Å². The number of aromatic nitrogens is 2. The number of aryl methyl sites for hydroxylation is 1. The van der Waals surface area contributed by atoms with Crippen molar-refractivity contribution in [1.29, 1.82) is 0 Å². The lowest BCUT2D eigenvalue weighted by Crippen LogP contribution is -2.27. The summed E-state index contributed by atoms with van der Waals surface area (Å²) in [5.74, 6) is 0.799. The van der Waals surface area contributed by atoms with E-state index < -0.39 is 0 Å².